The van der Waals surface area contributed by atoms with E-state index < -0.39 is 20.0 Å². The summed E-state index contributed by atoms with van der Waals surface area (Å²) in [6.45, 7) is 1.47. The highest BCUT2D eigenvalue weighted by atomic mass is 35.5. The van der Waals surface area contributed by atoms with Crippen molar-refractivity contribution in [3.63, 3.8) is 0 Å². The zero-order valence-electron chi connectivity index (χ0n) is 15.6. The first kappa shape index (κ1) is 21.7. The largest absolute Gasteiger partial charge is 0.326 e. The number of benzene rings is 2. The minimum atomic E-state index is -3.80. The van der Waals surface area contributed by atoms with Crippen molar-refractivity contribution >= 4 is 43.2 Å². The molecule has 3 rings (SSSR count). The highest BCUT2D eigenvalue weighted by Gasteiger charge is 2.34. The third kappa shape index (κ3) is 4.62. The third-order valence-electron chi connectivity index (χ3n) is 4.46. The predicted octanol–water partition coefficient (Wildman–Crippen LogP) is 1.99. The van der Waals surface area contributed by atoms with Gasteiger partial charge in [0.25, 0.3) is 0 Å². The monoisotopic (exact) mass is 457 g/mol. The first-order valence-electron chi connectivity index (χ1n) is 8.75. The van der Waals surface area contributed by atoms with Crippen molar-refractivity contribution < 1.29 is 21.6 Å². The summed E-state index contributed by atoms with van der Waals surface area (Å²) in [7, 11) is -7.58. The van der Waals surface area contributed by atoms with E-state index in [9.17, 15) is 21.6 Å². The van der Waals surface area contributed by atoms with E-state index in [1.165, 1.54) is 51.9 Å². The topological polar surface area (TPSA) is 104 Å². The lowest BCUT2D eigenvalue weighted by atomic mass is 10.3. The molecular formula is C18H20ClN3O5S2. The zero-order chi connectivity index (χ0) is 21.2. The van der Waals surface area contributed by atoms with Crippen LogP contribution < -0.4 is 5.32 Å². The fourth-order valence-electron chi connectivity index (χ4n) is 3.01. The van der Waals surface area contributed by atoms with Crippen LogP contribution in [0.4, 0.5) is 5.69 Å². The molecule has 1 aliphatic rings. The highest BCUT2D eigenvalue weighted by Crippen LogP contribution is 2.26. The summed E-state index contributed by atoms with van der Waals surface area (Å²) in [5, 5.41) is 2.70. The van der Waals surface area contributed by atoms with Crippen LogP contribution in [0.3, 0.4) is 0 Å². The molecule has 156 valence electrons. The number of carbonyl (C=O) groups is 1. The Hall–Kier alpha value is -1.98. The van der Waals surface area contributed by atoms with Crippen LogP contribution in [0, 0.1) is 0 Å². The van der Waals surface area contributed by atoms with Crippen molar-refractivity contribution in [1.82, 2.24) is 8.61 Å². The predicted molar refractivity (Wildman–Crippen MR) is 110 cm³/mol. The van der Waals surface area contributed by atoms with Gasteiger partial charge in [-0.05, 0) is 36.4 Å². The average molecular weight is 458 g/mol. The summed E-state index contributed by atoms with van der Waals surface area (Å²) in [6.07, 6.45) is 0. The van der Waals surface area contributed by atoms with Crippen molar-refractivity contribution in [3.05, 3.63) is 53.6 Å². The van der Waals surface area contributed by atoms with Crippen molar-refractivity contribution in [3.8, 4) is 0 Å². The Kier molecular flexibility index (Phi) is 6.30. The van der Waals surface area contributed by atoms with E-state index in [1.807, 2.05) is 0 Å². The van der Waals surface area contributed by atoms with E-state index in [2.05, 4.69) is 5.32 Å². The van der Waals surface area contributed by atoms with Gasteiger partial charge in [-0.15, -0.1) is 0 Å². The molecule has 0 bridgehead atoms. The van der Waals surface area contributed by atoms with Crippen LogP contribution in [0.15, 0.2) is 58.3 Å². The Morgan fingerprint density at radius 1 is 0.862 bits per heavy atom. The number of anilines is 1. The number of hydrogen-bond acceptors (Lipinski definition) is 5. The molecule has 1 heterocycles. The molecule has 0 atom stereocenters. The maximum absolute atomic E-state index is 12.9. The van der Waals surface area contributed by atoms with Crippen molar-refractivity contribution in [2.45, 2.75) is 16.7 Å². The molecule has 1 amide bonds. The maximum atomic E-state index is 12.9. The van der Waals surface area contributed by atoms with E-state index in [0.717, 1.165) is 0 Å². The highest BCUT2D eigenvalue weighted by molar-refractivity contribution is 7.89. The molecule has 2 aromatic carbocycles. The van der Waals surface area contributed by atoms with E-state index >= 15 is 0 Å². The molecule has 0 aliphatic carbocycles. The van der Waals surface area contributed by atoms with E-state index in [1.54, 1.807) is 12.1 Å². The first-order chi connectivity index (χ1) is 13.6. The standard InChI is InChI=1S/C18H20ClN3O5S2/c1-14(23)20-15-6-8-16(9-7-15)28(24,25)21-10-12-22(13-11-21)29(26,27)18-5-3-2-4-17(18)19/h2-9H,10-13H2,1H3,(H,20,23). The maximum Gasteiger partial charge on any atom is 0.244 e. The minimum absolute atomic E-state index is 0.00605. The van der Waals surface area contributed by atoms with Gasteiger partial charge in [-0.25, -0.2) is 16.8 Å². The Balaban J connectivity index is 1.73. The zero-order valence-corrected chi connectivity index (χ0v) is 18.0. The number of rotatable bonds is 5. The molecule has 0 radical (unpaired) electrons. The van der Waals surface area contributed by atoms with Gasteiger partial charge < -0.3 is 5.32 Å². The van der Waals surface area contributed by atoms with Gasteiger partial charge in [0.05, 0.1) is 9.92 Å². The second-order valence-electron chi connectivity index (χ2n) is 6.44. The Morgan fingerprint density at radius 3 is 1.90 bits per heavy atom. The number of amides is 1. The molecule has 1 N–H and O–H groups in total. The number of sulfonamides is 2. The van der Waals surface area contributed by atoms with Crippen LogP contribution in [-0.2, 0) is 24.8 Å². The summed E-state index contributed by atoms with van der Waals surface area (Å²) in [4.78, 5) is 11.2. The number of halogens is 1. The summed E-state index contributed by atoms with van der Waals surface area (Å²) >= 11 is 6.02. The number of piperazine rings is 1. The second-order valence-corrected chi connectivity index (χ2v) is 10.7. The fourth-order valence-corrected chi connectivity index (χ4v) is 6.34. The summed E-state index contributed by atoms with van der Waals surface area (Å²) in [5.74, 6) is -0.253. The van der Waals surface area contributed by atoms with Crippen molar-refractivity contribution in [2.24, 2.45) is 0 Å². The molecule has 0 saturated carbocycles. The molecule has 0 spiro atoms. The van der Waals surface area contributed by atoms with Crippen LogP contribution >= 0.6 is 11.6 Å². The Bertz CT molecular complexity index is 1110. The summed E-state index contributed by atoms with van der Waals surface area (Å²) < 4.78 is 53.8. The molecular weight excluding hydrogens is 438 g/mol. The van der Waals surface area contributed by atoms with Gasteiger partial charge in [0.1, 0.15) is 4.90 Å². The van der Waals surface area contributed by atoms with E-state index in [4.69, 9.17) is 11.6 Å². The van der Waals surface area contributed by atoms with Gasteiger partial charge in [-0.3, -0.25) is 4.79 Å². The fraction of sp³-hybridized carbons (Fsp3) is 0.278. The van der Waals surface area contributed by atoms with Crippen LogP contribution in [-0.4, -0.2) is 57.5 Å². The van der Waals surface area contributed by atoms with Crippen molar-refractivity contribution in [2.75, 3.05) is 31.5 Å². The lowest BCUT2D eigenvalue weighted by molar-refractivity contribution is -0.114. The van der Waals surface area contributed by atoms with E-state index in [0.29, 0.717) is 5.69 Å². The molecule has 29 heavy (non-hydrogen) atoms. The molecule has 2 aromatic rings. The number of nitrogens with zero attached hydrogens (tertiary/aromatic N) is 2. The van der Waals surface area contributed by atoms with Crippen molar-refractivity contribution in [1.29, 1.82) is 0 Å². The third-order valence-corrected chi connectivity index (χ3v) is 8.78. The van der Waals surface area contributed by atoms with Gasteiger partial charge in [-0.2, -0.15) is 8.61 Å². The number of nitrogens with one attached hydrogen (secondary N) is 1. The van der Waals surface area contributed by atoms with Gasteiger partial charge in [0, 0.05) is 38.8 Å². The SMILES string of the molecule is CC(=O)Nc1ccc(S(=O)(=O)N2CCN(S(=O)(=O)c3ccccc3Cl)CC2)cc1. The Labute approximate surface area is 175 Å². The van der Waals surface area contributed by atoms with E-state index in [-0.39, 0.29) is 46.9 Å². The molecule has 0 unspecified atom stereocenters. The normalized spacial score (nSPS) is 16.5. The number of carbonyl (C=O) groups excluding carboxylic acids is 1. The van der Waals surface area contributed by atoms with Gasteiger partial charge in [-0.1, -0.05) is 23.7 Å². The quantitative estimate of drug-likeness (QED) is 0.739. The molecule has 1 aliphatic heterocycles. The minimum Gasteiger partial charge on any atom is -0.326 e. The molecule has 0 aromatic heterocycles. The van der Waals surface area contributed by atoms with Crippen LogP contribution in [0.5, 0.6) is 0 Å². The molecule has 11 heteroatoms. The number of hydrogen-bond donors (Lipinski definition) is 1. The molecule has 1 fully saturated rings. The summed E-state index contributed by atoms with van der Waals surface area (Å²) in [6, 6.07) is 12.0. The molecule has 8 nitrogen and oxygen atoms in total. The average Bonchev–Trinajstić information content (AvgIpc) is 2.68. The summed E-state index contributed by atoms with van der Waals surface area (Å²) in [5.41, 5.74) is 0.493. The van der Waals surface area contributed by atoms with Crippen LogP contribution in [0.2, 0.25) is 5.02 Å². The van der Waals surface area contributed by atoms with Crippen LogP contribution in [0.1, 0.15) is 6.92 Å². The lowest BCUT2D eigenvalue weighted by Crippen LogP contribution is -2.50. The Morgan fingerprint density at radius 2 is 1.38 bits per heavy atom. The van der Waals surface area contributed by atoms with Gasteiger partial charge >= 0.3 is 0 Å². The second kappa shape index (κ2) is 8.41. The van der Waals surface area contributed by atoms with Gasteiger partial charge in [0.2, 0.25) is 26.0 Å². The van der Waals surface area contributed by atoms with Gasteiger partial charge in [0.15, 0.2) is 0 Å². The first-order valence-corrected chi connectivity index (χ1v) is 12.0. The molecule has 1 saturated heterocycles. The smallest absolute Gasteiger partial charge is 0.244 e. The van der Waals surface area contributed by atoms with Crippen LogP contribution in [0.25, 0.3) is 0 Å². The lowest BCUT2D eigenvalue weighted by Gasteiger charge is -2.33.